The Balaban J connectivity index is 0.656. The van der Waals surface area contributed by atoms with E-state index >= 15 is 0 Å². The first kappa shape index (κ1) is 65.9. The zero-order valence-corrected chi connectivity index (χ0v) is 60.7. The number of fused-ring (bicyclic) bond motifs is 10. The van der Waals surface area contributed by atoms with E-state index in [1.54, 1.807) is 12.4 Å². The summed E-state index contributed by atoms with van der Waals surface area (Å²) >= 11 is 0. The van der Waals surface area contributed by atoms with Crippen molar-refractivity contribution in [3.05, 3.63) is 370 Å². The van der Waals surface area contributed by atoms with E-state index in [4.69, 9.17) is 37.6 Å². The molecule has 113 heavy (non-hydrogen) atoms. The van der Waals surface area contributed by atoms with Gasteiger partial charge in [-0.3, -0.25) is 4.98 Å². The molecule has 0 fully saturated rings. The van der Waals surface area contributed by atoms with Gasteiger partial charge in [-0.05, 0) is 143 Å². The van der Waals surface area contributed by atoms with Crippen molar-refractivity contribution in [1.29, 1.82) is 0 Å². The van der Waals surface area contributed by atoms with Crippen molar-refractivity contribution in [2.24, 2.45) is 0 Å². The minimum atomic E-state index is 0.596. The van der Waals surface area contributed by atoms with Crippen molar-refractivity contribution in [3.63, 3.8) is 0 Å². The van der Waals surface area contributed by atoms with E-state index in [1.807, 2.05) is 121 Å². The van der Waals surface area contributed by atoms with Gasteiger partial charge in [-0.25, -0.2) is 29.9 Å². The van der Waals surface area contributed by atoms with Crippen LogP contribution in [-0.2, 0) is 6.42 Å². The second kappa shape index (κ2) is 27.7. The van der Waals surface area contributed by atoms with Crippen molar-refractivity contribution < 1.29 is 17.7 Å². The van der Waals surface area contributed by atoms with E-state index in [0.717, 1.165) is 205 Å². The van der Waals surface area contributed by atoms with Crippen LogP contribution >= 0.6 is 0 Å². The molecule has 8 aromatic heterocycles. The van der Waals surface area contributed by atoms with Gasteiger partial charge in [0.15, 0.2) is 17.5 Å². The molecule has 0 aliphatic heterocycles. The van der Waals surface area contributed by atoms with Gasteiger partial charge in [0, 0.05) is 129 Å². The van der Waals surface area contributed by atoms with Crippen LogP contribution in [0, 0.1) is 0 Å². The Morgan fingerprint density at radius 2 is 0.646 bits per heavy atom. The number of aromatic nitrogens is 7. The van der Waals surface area contributed by atoms with Crippen molar-refractivity contribution in [3.8, 4) is 135 Å². The molecule has 0 spiro atoms. The number of nitrogens with zero attached hydrogens (tertiary/aromatic N) is 7. The fourth-order valence-corrected chi connectivity index (χ4v) is 15.9. The van der Waals surface area contributed by atoms with Crippen LogP contribution in [0.5, 0.6) is 0 Å². The Bertz CT molecular complexity index is 7360. The smallest absolute Gasteiger partial charge is 0.160 e. The summed E-state index contributed by atoms with van der Waals surface area (Å²) < 4.78 is 27.7. The summed E-state index contributed by atoms with van der Waals surface area (Å²) in [5.74, 6) is 2.53. The molecule has 0 atom stereocenters. The summed E-state index contributed by atoms with van der Waals surface area (Å²) in [5.41, 5.74) is 26.3. The molecule has 0 bridgehead atoms. The van der Waals surface area contributed by atoms with Gasteiger partial charge in [-0.1, -0.05) is 237 Å². The van der Waals surface area contributed by atoms with Gasteiger partial charge in [0.1, 0.15) is 44.8 Å². The number of para-hydroxylation sites is 6. The lowest BCUT2D eigenvalue weighted by molar-refractivity contribution is 0.604. The predicted octanol–water partition coefficient (Wildman–Crippen LogP) is 26.8. The zero-order valence-electron chi connectivity index (χ0n) is 60.7. The average molecular weight is 1450 g/mol. The molecular formula is C102H63N7O4. The van der Waals surface area contributed by atoms with Gasteiger partial charge >= 0.3 is 0 Å². The Morgan fingerprint density at radius 1 is 0.257 bits per heavy atom. The van der Waals surface area contributed by atoms with Gasteiger partial charge in [0.25, 0.3) is 0 Å². The molecule has 530 valence electrons. The monoisotopic (exact) mass is 1450 g/mol. The molecule has 0 aliphatic rings. The molecule has 11 heteroatoms. The molecule has 0 unspecified atom stereocenters. The normalized spacial score (nSPS) is 11.8. The van der Waals surface area contributed by atoms with Crippen molar-refractivity contribution in [2.75, 3.05) is 0 Å². The van der Waals surface area contributed by atoms with Gasteiger partial charge in [0.05, 0.1) is 28.5 Å². The molecule has 0 aliphatic carbocycles. The van der Waals surface area contributed by atoms with Gasteiger partial charge in [-0.2, -0.15) is 0 Å². The van der Waals surface area contributed by atoms with Gasteiger partial charge in [0.2, 0.25) is 0 Å². The first-order valence-corrected chi connectivity index (χ1v) is 37.6. The minimum absolute atomic E-state index is 0.596. The zero-order chi connectivity index (χ0) is 74.9. The van der Waals surface area contributed by atoms with Crippen molar-refractivity contribution in [1.82, 2.24) is 34.9 Å². The van der Waals surface area contributed by atoms with Gasteiger partial charge < -0.3 is 17.7 Å². The Kier molecular flexibility index (Phi) is 16.2. The molecule has 0 radical (unpaired) electrons. The Morgan fingerprint density at radius 3 is 1.16 bits per heavy atom. The van der Waals surface area contributed by atoms with E-state index in [-0.39, 0.29) is 0 Å². The molecule has 0 saturated heterocycles. The number of allylic oxidation sites excluding steroid dienone is 1. The van der Waals surface area contributed by atoms with Crippen LogP contribution in [0.15, 0.2) is 370 Å². The van der Waals surface area contributed by atoms with Crippen LogP contribution in [0.3, 0.4) is 0 Å². The number of furan rings is 4. The quantitative estimate of drug-likeness (QED) is 0.0912. The number of hydrogen-bond donors (Lipinski definition) is 0. The number of benzene rings is 13. The summed E-state index contributed by atoms with van der Waals surface area (Å²) in [6.07, 6.45) is 12.1. The van der Waals surface area contributed by atoms with Crippen LogP contribution in [0.25, 0.3) is 224 Å². The van der Waals surface area contributed by atoms with Crippen LogP contribution in [0.1, 0.15) is 16.9 Å². The lowest BCUT2D eigenvalue weighted by atomic mass is 9.92. The second-order valence-electron chi connectivity index (χ2n) is 28.3. The van der Waals surface area contributed by atoms with E-state index in [0.29, 0.717) is 29.7 Å². The first-order chi connectivity index (χ1) is 55.9. The largest absolute Gasteiger partial charge is 0.455 e. The topological polar surface area (TPSA) is 143 Å². The number of rotatable bonds is 16. The average Bonchev–Trinajstić information content (AvgIpc) is 1.69. The maximum Gasteiger partial charge on any atom is 0.160 e. The molecule has 21 aromatic rings. The molecular weight excluding hydrogens is 1390 g/mol. The highest BCUT2D eigenvalue weighted by Gasteiger charge is 2.24. The van der Waals surface area contributed by atoms with Crippen LogP contribution < -0.4 is 0 Å². The molecule has 0 saturated carbocycles. The number of hydrogen-bond acceptors (Lipinski definition) is 11. The van der Waals surface area contributed by atoms with Crippen LogP contribution in [0.2, 0.25) is 0 Å². The van der Waals surface area contributed by atoms with Gasteiger partial charge in [-0.15, -0.1) is 0 Å². The fraction of sp³-hybridized carbons (Fsp3) is 0.00980. The van der Waals surface area contributed by atoms with E-state index < -0.39 is 0 Å². The predicted molar refractivity (Wildman–Crippen MR) is 457 cm³/mol. The molecule has 21 rings (SSSR count). The van der Waals surface area contributed by atoms with E-state index in [1.165, 1.54) is 0 Å². The summed E-state index contributed by atoms with van der Waals surface area (Å²) in [7, 11) is 0. The van der Waals surface area contributed by atoms with E-state index in [9.17, 15) is 0 Å². The summed E-state index contributed by atoms with van der Waals surface area (Å²) in [5, 5.41) is 7.13. The Labute approximate surface area is 648 Å². The summed E-state index contributed by atoms with van der Waals surface area (Å²) in [6, 6.07) is 111. The highest BCUT2D eigenvalue weighted by atomic mass is 16.3. The Hall–Kier alpha value is -15.3. The molecule has 0 amide bonds. The highest BCUT2D eigenvalue weighted by molar-refractivity contribution is 6.13. The standard InChI is InChI=1S/C102H63N7O4/c1-2-75-82-38-18-34-76(69-54-70(77-35-19-39-83-80-32-9-11-43-93(80)111-97(77)83)57-73(56-69)90-60-88(106-101(108-90)63-24-5-3-6-25-63)66-29-16-28-65(52-66)87-42-13-14-48-103-87)96(82)110-92(75)45-15-23-62-46-47-95-86(51-62)85-41-21-37-79(99(85)113-95)72-55-71(78-36-20-40-84-81-33-10-12-44-94(81)112-98(78)84)58-74(59-72)91-61-89(107-102(109-91)64-26-7-4-8-27-64)67-30-17-31-68(53-67)100-104-49-22-50-105-100/h2-22,24-61H,1,23H2/b45-15-. The maximum absolute atomic E-state index is 7.13. The summed E-state index contributed by atoms with van der Waals surface area (Å²) in [6.45, 7) is 4.37. The summed E-state index contributed by atoms with van der Waals surface area (Å²) in [4.78, 5) is 35.2. The van der Waals surface area contributed by atoms with Crippen LogP contribution in [0.4, 0.5) is 0 Å². The van der Waals surface area contributed by atoms with E-state index in [2.05, 4.69) is 246 Å². The van der Waals surface area contributed by atoms with Crippen molar-refractivity contribution in [2.45, 2.75) is 6.42 Å². The second-order valence-corrected chi connectivity index (χ2v) is 28.3. The molecule has 0 N–H and O–H groups in total. The SMILES string of the molecule is C=Cc1c(/C=C\Cc2ccc3oc4c(-c5cc(-c6cc(-c7cccc(-c8ncccn8)c7)nc(-c7ccccc7)n6)cc(-c6cccc7c6oc6ccccc67)c5)cccc4c3c2)oc2c(-c3cc(-c4cc(-c5cccc(-c6ccccn6)c5)nc(-c5ccccc5)n4)cc(-c4cccc5c4oc4ccccc45)c3)cccc12. The fourth-order valence-electron chi connectivity index (χ4n) is 15.9. The molecule has 8 heterocycles. The minimum Gasteiger partial charge on any atom is -0.455 e. The third kappa shape index (κ3) is 12.1. The van der Waals surface area contributed by atoms with Crippen LogP contribution in [-0.4, -0.2) is 34.9 Å². The van der Waals surface area contributed by atoms with Crippen molar-refractivity contribution >= 4 is 88.9 Å². The first-order valence-electron chi connectivity index (χ1n) is 37.6. The highest BCUT2D eigenvalue weighted by Crippen LogP contribution is 2.46. The lowest BCUT2D eigenvalue weighted by Gasteiger charge is -2.14. The third-order valence-corrected chi connectivity index (χ3v) is 21.3. The number of pyridine rings is 1. The molecule has 11 nitrogen and oxygen atoms in total. The molecule has 13 aromatic carbocycles. The lowest BCUT2D eigenvalue weighted by Crippen LogP contribution is -1.97. The maximum atomic E-state index is 7.13. The third-order valence-electron chi connectivity index (χ3n) is 21.3.